The highest BCUT2D eigenvalue weighted by molar-refractivity contribution is 14.0. The zero-order chi connectivity index (χ0) is 20.6. The van der Waals surface area contributed by atoms with Crippen molar-refractivity contribution in [2.45, 2.75) is 25.9 Å². The van der Waals surface area contributed by atoms with E-state index in [1.54, 1.807) is 21.3 Å². The molecule has 0 atom stereocenters. The van der Waals surface area contributed by atoms with Crippen molar-refractivity contribution in [1.82, 2.24) is 10.2 Å². The lowest BCUT2D eigenvalue weighted by Crippen LogP contribution is -2.31. The summed E-state index contributed by atoms with van der Waals surface area (Å²) >= 11 is 0. The summed E-state index contributed by atoms with van der Waals surface area (Å²) in [5.74, 6) is 2.20. The minimum absolute atomic E-state index is 0. The van der Waals surface area contributed by atoms with Crippen molar-refractivity contribution in [3.8, 4) is 11.5 Å². The molecule has 3 rings (SSSR count). The molecule has 1 aliphatic heterocycles. The van der Waals surface area contributed by atoms with Gasteiger partial charge in [0.05, 0.1) is 14.2 Å². The summed E-state index contributed by atoms with van der Waals surface area (Å²) in [6.07, 6.45) is 1.60. The number of amides is 1. The Bertz CT molecular complexity index is 888. The number of anilines is 1. The minimum atomic E-state index is 0. The lowest BCUT2D eigenvalue weighted by molar-refractivity contribution is -0.128. The first kappa shape index (κ1) is 23.8. The quantitative estimate of drug-likeness (QED) is 0.329. The molecule has 1 heterocycles. The molecular weight excluding hydrogens is 495 g/mol. The van der Waals surface area contributed by atoms with Gasteiger partial charge in [-0.2, -0.15) is 0 Å². The minimum Gasteiger partial charge on any atom is -0.493 e. The van der Waals surface area contributed by atoms with E-state index in [1.165, 1.54) is 0 Å². The number of benzene rings is 2. The van der Waals surface area contributed by atoms with Crippen LogP contribution in [0.5, 0.6) is 11.5 Å². The number of nitrogens with zero attached hydrogens (tertiary/aromatic N) is 2. The van der Waals surface area contributed by atoms with Gasteiger partial charge in [0.15, 0.2) is 17.5 Å². The van der Waals surface area contributed by atoms with Crippen molar-refractivity contribution < 1.29 is 14.3 Å². The van der Waals surface area contributed by atoms with E-state index in [4.69, 9.17) is 9.47 Å². The number of likely N-dealkylation sites (tertiary alicyclic amines) is 1. The first-order valence-corrected chi connectivity index (χ1v) is 9.69. The molecule has 0 aliphatic carbocycles. The van der Waals surface area contributed by atoms with Crippen molar-refractivity contribution in [2.24, 2.45) is 4.99 Å². The smallest absolute Gasteiger partial charge is 0.222 e. The fraction of sp³-hybridized carbons (Fsp3) is 0.364. The molecule has 0 bridgehead atoms. The molecule has 1 fully saturated rings. The summed E-state index contributed by atoms with van der Waals surface area (Å²) in [4.78, 5) is 18.2. The van der Waals surface area contributed by atoms with E-state index >= 15 is 0 Å². The van der Waals surface area contributed by atoms with Gasteiger partial charge in [0.2, 0.25) is 5.91 Å². The van der Waals surface area contributed by atoms with Crippen molar-refractivity contribution in [3.63, 3.8) is 0 Å². The largest absolute Gasteiger partial charge is 0.493 e. The number of rotatable bonds is 7. The SMILES string of the molecule is CN=C(NCc1ccccc1CN1CCCC1=O)Nc1ccc(OC)c(OC)c1.I. The van der Waals surface area contributed by atoms with Gasteiger partial charge in [-0.25, -0.2) is 0 Å². The van der Waals surface area contributed by atoms with Gasteiger partial charge in [-0.05, 0) is 29.7 Å². The highest BCUT2D eigenvalue weighted by atomic mass is 127. The summed E-state index contributed by atoms with van der Waals surface area (Å²) in [5.41, 5.74) is 3.13. The number of carbonyl (C=O) groups excluding carboxylic acids is 1. The van der Waals surface area contributed by atoms with E-state index in [-0.39, 0.29) is 29.9 Å². The maximum absolute atomic E-state index is 12.0. The number of hydrogen-bond donors (Lipinski definition) is 2. The van der Waals surface area contributed by atoms with E-state index in [0.717, 1.165) is 29.8 Å². The molecular formula is C22H29IN4O3. The van der Waals surface area contributed by atoms with Crippen LogP contribution in [-0.2, 0) is 17.9 Å². The molecule has 8 heteroatoms. The van der Waals surface area contributed by atoms with E-state index in [1.807, 2.05) is 35.2 Å². The highest BCUT2D eigenvalue weighted by Crippen LogP contribution is 2.29. The second kappa shape index (κ2) is 11.6. The van der Waals surface area contributed by atoms with Crippen LogP contribution in [0.1, 0.15) is 24.0 Å². The Morgan fingerprint density at radius 3 is 2.47 bits per heavy atom. The van der Waals surface area contributed by atoms with Crippen LogP contribution in [0, 0.1) is 0 Å². The maximum Gasteiger partial charge on any atom is 0.222 e. The standard InChI is InChI=1S/C22H28N4O3.HI/c1-23-22(25-18-10-11-19(28-2)20(13-18)29-3)24-14-16-7-4-5-8-17(16)15-26-12-6-9-21(26)27;/h4-5,7-8,10-11,13H,6,9,12,14-15H2,1-3H3,(H2,23,24,25);1H. The molecule has 1 aliphatic rings. The van der Waals surface area contributed by atoms with Gasteiger partial charge in [-0.3, -0.25) is 9.79 Å². The number of nitrogens with one attached hydrogen (secondary N) is 2. The van der Waals surface area contributed by atoms with Crippen LogP contribution in [-0.4, -0.2) is 44.6 Å². The molecule has 0 spiro atoms. The number of ether oxygens (including phenoxy) is 2. The fourth-order valence-electron chi connectivity index (χ4n) is 3.37. The van der Waals surface area contributed by atoms with Crippen molar-refractivity contribution in [3.05, 3.63) is 53.6 Å². The predicted octanol–water partition coefficient (Wildman–Crippen LogP) is 3.63. The number of hydrogen-bond acceptors (Lipinski definition) is 4. The molecule has 2 N–H and O–H groups in total. The Morgan fingerprint density at radius 2 is 1.83 bits per heavy atom. The first-order valence-electron chi connectivity index (χ1n) is 9.69. The molecule has 30 heavy (non-hydrogen) atoms. The van der Waals surface area contributed by atoms with Gasteiger partial charge in [0.1, 0.15) is 0 Å². The van der Waals surface area contributed by atoms with Gasteiger partial charge in [0.25, 0.3) is 0 Å². The van der Waals surface area contributed by atoms with Gasteiger partial charge in [-0.15, -0.1) is 24.0 Å². The van der Waals surface area contributed by atoms with E-state index in [2.05, 4.69) is 27.8 Å². The molecule has 1 saturated heterocycles. The topological polar surface area (TPSA) is 75.2 Å². The van der Waals surface area contributed by atoms with Crippen LogP contribution in [0.4, 0.5) is 5.69 Å². The Kier molecular flexibility index (Phi) is 9.22. The summed E-state index contributed by atoms with van der Waals surface area (Å²) < 4.78 is 10.6. The molecule has 0 aromatic heterocycles. The lowest BCUT2D eigenvalue weighted by atomic mass is 10.1. The molecule has 2 aromatic carbocycles. The van der Waals surface area contributed by atoms with Crippen LogP contribution in [0.15, 0.2) is 47.5 Å². The lowest BCUT2D eigenvalue weighted by Gasteiger charge is -2.19. The number of methoxy groups -OCH3 is 2. The number of carbonyl (C=O) groups is 1. The summed E-state index contributed by atoms with van der Waals surface area (Å²) in [7, 11) is 4.94. The van der Waals surface area contributed by atoms with Gasteiger partial charge in [-0.1, -0.05) is 24.3 Å². The van der Waals surface area contributed by atoms with E-state index < -0.39 is 0 Å². The average Bonchev–Trinajstić information content (AvgIpc) is 3.16. The third kappa shape index (κ3) is 6.01. The van der Waals surface area contributed by atoms with Crippen LogP contribution < -0.4 is 20.1 Å². The number of halogens is 1. The molecule has 0 saturated carbocycles. The third-order valence-electron chi connectivity index (χ3n) is 4.97. The Balaban J connectivity index is 0.00000320. The summed E-state index contributed by atoms with van der Waals surface area (Å²) in [5, 5.41) is 6.60. The predicted molar refractivity (Wildman–Crippen MR) is 130 cm³/mol. The number of aliphatic imine (C=N–C) groups is 1. The Labute approximate surface area is 194 Å². The molecule has 0 radical (unpaired) electrons. The Hall–Kier alpha value is -2.49. The van der Waals surface area contributed by atoms with Crippen LogP contribution >= 0.6 is 24.0 Å². The van der Waals surface area contributed by atoms with Crippen molar-refractivity contribution in [1.29, 1.82) is 0 Å². The second-order valence-electron chi connectivity index (χ2n) is 6.81. The van der Waals surface area contributed by atoms with Crippen LogP contribution in [0.2, 0.25) is 0 Å². The number of guanidine groups is 1. The molecule has 2 aromatic rings. The zero-order valence-corrected chi connectivity index (χ0v) is 19.9. The van der Waals surface area contributed by atoms with Gasteiger partial charge < -0.3 is 25.0 Å². The van der Waals surface area contributed by atoms with Crippen LogP contribution in [0.25, 0.3) is 0 Å². The fourth-order valence-corrected chi connectivity index (χ4v) is 3.37. The maximum atomic E-state index is 12.0. The van der Waals surface area contributed by atoms with Crippen LogP contribution in [0.3, 0.4) is 0 Å². The van der Waals surface area contributed by atoms with Crippen molar-refractivity contribution in [2.75, 3.05) is 33.1 Å². The monoisotopic (exact) mass is 524 g/mol. The molecule has 7 nitrogen and oxygen atoms in total. The molecule has 162 valence electrons. The van der Waals surface area contributed by atoms with Crippen molar-refractivity contribution >= 4 is 41.5 Å². The van der Waals surface area contributed by atoms with E-state index in [9.17, 15) is 4.79 Å². The summed E-state index contributed by atoms with van der Waals surface area (Å²) in [6, 6.07) is 13.8. The molecule has 1 amide bonds. The molecule has 0 unspecified atom stereocenters. The first-order chi connectivity index (χ1) is 14.1. The second-order valence-corrected chi connectivity index (χ2v) is 6.81. The summed E-state index contributed by atoms with van der Waals surface area (Å²) in [6.45, 7) is 2.09. The van der Waals surface area contributed by atoms with Gasteiger partial charge in [0, 0.05) is 44.9 Å². The Morgan fingerprint density at radius 1 is 1.10 bits per heavy atom. The highest BCUT2D eigenvalue weighted by Gasteiger charge is 2.20. The van der Waals surface area contributed by atoms with Gasteiger partial charge >= 0.3 is 0 Å². The normalized spacial score (nSPS) is 13.6. The average molecular weight is 524 g/mol. The van der Waals surface area contributed by atoms with E-state index in [0.29, 0.717) is 37.0 Å². The zero-order valence-electron chi connectivity index (χ0n) is 17.6. The third-order valence-corrected chi connectivity index (χ3v) is 4.97.